The first-order valence-corrected chi connectivity index (χ1v) is 6.77. The van der Waals surface area contributed by atoms with E-state index in [1.165, 1.54) is 0 Å². The van der Waals surface area contributed by atoms with Crippen LogP contribution in [0.1, 0.15) is 25.2 Å². The minimum atomic E-state index is -0.150. The molecule has 1 aromatic carbocycles. The van der Waals surface area contributed by atoms with Gasteiger partial charge in [-0.05, 0) is 25.5 Å². The van der Waals surface area contributed by atoms with Crippen molar-refractivity contribution >= 4 is 0 Å². The van der Waals surface area contributed by atoms with Crippen molar-refractivity contribution in [2.75, 3.05) is 20.3 Å². The summed E-state index contributed by atoms with van der Waals surface area (Å²) in [4.78, 5) is 7.62. The summed E-state index contributed by atoms with van der Waals surface area (Å²) in [5.41, 5.74) is 7.97. The summed E-state index contributed by atoms with van der Waals surface area (Å²) in [5, 5.41) is 0. The van der Waals surface area contributed by atoms with Crippen molar-refractivity contribution in [3.8, 4) is 17.0 Å². The zero-order chi connectivity index (χ0) is 14.4. The number of nitrogens with zero attached hydrogens (tertiary/aromatic N) is 1. The van der Waals surface area contributed by atoms with Crippen molar-refractivity contribution in [3.63, 3.8) is 0 Å². The lowest BCUT2D eigenvalue weighted by Gasteiger charge is -2.09. The molecule has 5 heteroatoms. The number of nitrogens with two attached hydrogens (primary N) is 1. The minimum Gasteiger partial charge on any atom is -0.493 e. The lowest BCUT2D eigenvalue weighted by atomic mass is 10.1. The van der Waals surface area contributed by atoms with Gasteiger partial charge in [0.15, 0.2) is 0 Å². The van der Waals surface area contributed by atoms with Crippen molar-refractivity contribution in [1.82, 2.24) is 9.97 Å². The van der Waals surface area contributed by atoms with Gasteiger partial charge in [-0.2, -0.15) is 0 Å². The molecule has 1 aromatic heterocycles. The molecule has 2 aromatic rings. The molecule has 0 radical (unpaired) electrons. The van der Waals surface area contributed by atoms with E-state index < -0.39 is 0 Å². The van der Waals surface area contributed by atoms with E-state index in [-0.39, 0.29) is 6.04 Å². The zero-order valence-corrected chi connectivity index (χ0v) is 11.9. The molecular formula is C15H21N3O2. The van der Waals surface area contributed by atoms with Gasteiger partial charge in [0.25, 0.3) is 0 Å². The Kier molecular flexibility index (Phi) is 5.15. The molecule has 0 saturated carbocycles. The highest BCUT2D eigenvalue weighted by molar-refractivity contribution is 5.66. The number of ether oxygens (including phenoxy) is 2. The Hall–Kier alpha value is -1.85. The van der Waals surface area contributed by atoms with Crippen LogP contribution in [0.5, 0.6) is 5.75 Å². The number of hydrogen-bond donors (Lipinski definition) is 2. The quantitative estimate of drug-likeness (QED) is 0.814. The van der Waals surface area contributed by atoms with E-state index >= 15 is 0 Å². The second-order valence-corrected chi connectivity index (χ2v) is 4.50. The molecule has 0 aliphatic rings. The SMILES string of the molecule is CCOc1ccccc1-c1cnc(C(N)CCOC)[nH]1. The summed E-state index contributed by atoms with van der Waals surface area (Å²) < 4.78 is 10.7. The number of hydrogen-bond acceptors (Lipinski definition) is 4. The average Bonchev–Trinajstić information content (AvgIpc) is 2.95. The number of para-hydroxylation sites is 1. The topological polar surface area (TPSA) is 73.2 Å². The van der Waals surface area contributed by atoms with Crippen molar-refractivity contribution in [2.45, 2.75) is 19.4 Å². The maximum atomic E-state index is 6.06. The molecule has 0 spiro atoms. The number of imidazole rings is 1. The lowest BCUT2D eigenvalue weighted by Crippen LogP contribution is -2.14. The summed E-state index contributed by atoms with van der Waals surface area (Å²) >= 11 is 0. The minimum absolute atomic E-state index is 0.150. The summed E-state index contributed by atoms with van der Waals surface area (Å²) in [6.07, 6.45) is 2.52. The molecule has 0 amide bonds. The van der Waals surface area contributed by atoms with Crippen LogP contribution < -0.4 is 10.5 Å². The summed E-state index contributed by atoms with van der Waals surface area (Å²) in [6.45, 7) is 3.22. The first-order valence-electron chi connectivity index (χ1n) is 6.77. The zero-order valence-electron chi connectivity index (χ0n) is 11.9. The smallest absolute Gasteiger partial charge is 0.128 e. The van der Waals surface area contributed by atoms with Crippen molar-refractivity contribution in [1.29, 1.82) is 0 Å². The van der Waals surface area contributed by atoms with Crippen LogP contribution in [0.2, 0.25) is 0 Å². The maximum absolute atomic E-state index is 6.06. The van der Waals surface area contributed by atoms with E-state index in [9.17, 15) is 0 Å². The summed E-state index contributed by atoms with van der Waals surface area (Å²) in [7, 11) is 1.67. The Bertz CT molecular complexity index is 539. The second-order valence-electron chi connectivity index (χ2n) is 4.50. The van der Waals surface area contributed by atoms with Crippen LogP contribution in [0.3, 0.4) is 0 Å². The molecule has 0 saturated heterocycles. The Morgan fingerprint density at radius 2 is 2.15 bits per heavy atom. The number of aromatic nitrogens is 2. The van der Waals surface area contributed by atoms with E-state index in [1.54, 1.807) is 13.3 Å². The molecule has 0 bridgehead atoms. The standard InChI is InChI=1S/C15H21N3O2/c1-3-20-14-7-5-4-6-11(14)13-10-17-15(18-13)12(16)8-9-19-2/h4-7,10,12H,3,8-9,16H2,1-2H3,(H,17,18). The van der Waals surface area contributed by atoms with E-state index in [2.05, 4.69) is 9.97 Å². The molecule has 3 N–H and O–H groups in total. The van der Waals surface area contributed by atoms with Gasteiger partial charge in [-0.3, -0.25) is 0 Å². The maximum Gasteiger partial charge on any atom is 0.128 e. The van der Waals surface area contributed by atoms with Crippen LogP contribution in [0.15, 0.2) is 30.5 Å². The molecule has 0 fully saturated rings. The largest absolute Gasteiger partial charge is 0.493 e. The number of benzene rings is 1. The van der Waals surface area contributed by atoms with Crippen LogP contribution in [-0.4, -0.2) is 30.3 Å². The molecule has 1 atom stereocenters. The number of methoxy groups -OCH3 is 1. The monoisotopic (exact) mass is 275 g/mol. The van der Waals surface area contributed by atoms with E-state index in [0.29, 0.717) is 13.2 Å². The highest BCUT2D eigenvalue weighted by Crippen LogP contribution is 2.29. The first-order chi connectivity index (χ1) is 9.76. The Morgan fingerprint density at radius 1 is 1.35 bits per heavy atom. The van der Waals surface area contributed by atoms with Gasteiger partial charge in [0.1, 0.15) is 11.6 Å². The Balaban J connectivity index is 2.20. The Labute approximate surface area is 119 Å². The number of rotatable bonds is 7. The van der Waals surface area contributed by atoms with Crippen molar-refractivity contribution < 1.29 is 9.47 Å². The van der Waals surface area contributed by atoms with Crippen LogP contribution in [0, 0.1) is 0 Å². The van der Waals surface area contributed by atoms with Gasteiger partial charge >= 0.3 is 0 Å². The summed E-state index contributed by atoms with van der Waals surface area (Å²) in [5.74, 6) is 1.61. The molecule has 20 heavy (non-hydrogen) atoms. The third kappa shape index (κ3) is 3.37. The van der Waals surface area contributed by atoms with Crippen LogP contribution in [0.25, 0.3) is 11.3 Å². The van der Waals surface area contributed by atoms with Gasteiger partial charge in [0.05, 0.1) is 24.5 Å². The van der Waals surface area contributed by atoms with Gasteiger partial charge in [-0.25, -0.2) is 4.98 Å². The molecule has 5 nitrogen and oxygen atoms in total. The van der Waals surface area contributed by atoms with Gasteiger partial charge in [-0.15, -0.1) is 0 Å². The molecule has 108 valence electrons. The molecule has 2 rings (SSSR count). The van der Waals surface area contributed by atoms with Gasteiger partial charge in [-0.1, -0.05) is 12.1 Å². The second kappa shape index (κ2) is 7.07. The lowest BCUT2D eigenvalue weighted by molar-refractivity contribution is 0.187. The van der Waals surface area contributed by atoms with E-state index in [4.69, 9.17) is 15.2 Å². The molecular weight excluding hydrogens is 254 g/mol. The fourth-order valence-corrected chi connectivity index (χ4v) is 2.01. The number of H-pyrrole nitrogens is 1. The number of aromatic amines is 1. The van der Waals surface area contributed by atoms with E-state index in [1.807, 2.05) is 31.2 Å². The van der Waals surface area contributed by atoms with E-state index in [0.717, 1.165) is 29.3 Å². The van der Waals surface area contributed by atoms with Crippen LogP contribution >= 0.6 is 0 Å². The molecule has 1 unspecified atom stereocenters. The first kappa shape index (κ1) is 14.6. The van der Waals surface area contributed by atoms with Crippen LogP contribution in [-0.2, 0) is 4.74 Å². The fraction of sp³-hybridized carbons (Fsp3) is 0.400. The highest BCUT2D eigenvalue weighted by atomic mass is 16.5. The predicted molar refractivity (Wildman–Crippen MR) is 78.6 cm³/mol. The Morgan fingerprint density at radius 3 is 2.90 bits per heavy atom. The van der Waals surface area contributed by atoms with Gasteiger partial charge < -0.3 is 20.2 Å². The van der Waals surface area contributed by atoms with Crippen molar-refractivity contribution in [2.24, 2.45) is 5.73 Å². The third-order valence-electron chi connectivity index (χ3n) is 3.06. The summed E-state index contributed by atoms with van der Waals surface area (Å²) in [6, 6.07) is 7.73. The van der Waals surface area contributed by atoms with Gasteiger partial charge in [0, 0.05) is 19.3 Å². The third-order valence-corrected chi connectivity index (χ3v) is 3.06. The average molecular weight is 275 g/mol. The van der Waals surface area contributed by atoms with Gasteiger partial charge in [0.2, 0.25) is 0 Å². The highest BCUT2D eigenvalue weighted by Gasteiger charge is 2.13. The normalized spacial score (nSPS) is 12.3. The van der Waals surface area contributed by atoms with Crippen molar-refractivity contribution in [3.05, 3.63) is 36.3 Å². The molecule has 1 heterocycles. The number of nitrogens with one attached hydrogen (secondary N) is 1. The fourth-order valence-electron chi connectivity index (χ4n) is 2.01. The van der Waals surface area contributed by atoms with Crippen LogP contribution in [0.4, 0.5) is 0 Å². The molecule has 0 aliphatic heterocycles. The molecule has 0 aliphatic carbocycles. The predicted octanol–water partition coefficient (Wildman–Crippen LogP) is 2.51.